The fourth-order valence-electron chi connectivity index (χ4n) is 2.07. The predicted octanol–water partition coefficient (Wildman–Crippen LogP) is 5.26. The summed E-state index contributed by atoms with van der Waals surface area (Å²) in [5, 5.41) is 1.13. The quantitative estimate of drug-likeness (QED) is 0.378. The van der Waals surface area contributed by atoms with Gasteiger partial charge in [-0.15, -0.1) is 0 Å². The molecule has 0 saturated carbocycles. The molecule has 0 bridgehead atoms. The van der Waals surface area contributed by atoms with Gasteiger partial charge in [-0.05, 0) is 57.3 Å². The molecule has 0 aliphatic heterocycles. The number of rotatable bonds is 4. The molecule has 1 aromatic carbocycles. The second-order valence-corrected chi connectivity index (χ2v) is 9.42. The molecule has 1 heterocycles. The average Bonchev–Trinajstić information content (AvgIpc) is 2.60. The third-order valence-corrected chi connectivity index (χ3v) is 5.77. The zero-order valence-corrected chi connectivity index (χ0v) is 17.9. The minimum atomic E-state index is -1.44. The number of halogens is 2. The highest BCUT2D eigenvalue weighted by Gasteiger charge is 2.26. The zero-order valence-electron chi connectivity index (χ0n) is 14.7. The maximum atomic E-state index is 12.3. The van der Waals surface area contributed by atoms with Crippen molar-refractivity contribution >= 4 is 58.0 Å². The van der Waals surface area contributed by atoms with Crippen molar-refractivity contribution in [2.24, 2.45) is 4.40 Å². The topological polar surface area (TPSA) is 57.5 Å². The Kier molecular flexibility index (Phi) is 7.05. The van der Waals surface area contributed by atoms with Crippen molar-refractivity contribution in [1.29, 1.82) is 0 Å². The van der Waals surface area contributed by atoms with Crippen molar-refractivity contribution in [2.45, 2.75) is 25.5 Å². The van der Waals surface area contributed by atoms with E-state index in [1.54, 1.807) is 30.5 Å². The lowest BCUT2D eigenvalue weighted by atomic mass is 10.0. The molecule has 2 aromatic rings. The fraction of sp³-hybridized carbons (Fsp3) is 0.278. The molecule has 0 radical (unpaired) electrons. The highest BCUT2D eigenvalue weighted by Crippen LogP contribution is 2.36. The van der Waals surface area contributed by atoms with Crippen LogP contribution in [-0.4, -0.2) is 32.7 Å². The smallest absolute Gasteiger partial charge is 0.193 e. The summed E-state index contributed by atoms with van der Waals surface area (Å²) < 4.78 is 21.1. The Morgan fingerprint density at radius 2 is 1.92 bits per heavy atom. The van der Waals surface area contributed by atoms with Gasteiger partial charge in [0.1, 0.15) is 16.1 Å². The first kappa shape index (κ1) is 21.1. The summed E-state index contributed by atoms with van der Waals surface area (Å²) in [5.74, 6) is 0. The molecule has 0 spiro atoms. The number of pyridine rings is 1. The number of thiocarbonyl (C=S) groups is 1. The Hall–Kier alpha value is -1.18. The summed E-state index contributed by atoms with van der Waals surface area (Å²) in [4.78, 5) is 4.41. The second-order valence-electron chi connectivity index (χ2n) is 6.31. The van der Waals surface area contributed by atoms with Crippen molar-refractivity contribution in [3.05, 3.63) is 51.6 Å². The van der Waals surface area contributed by atoms with Gasteiger partial charge in [-0.1, -0.05) is 27.6 Å². The number of aromatic nitrogens is 1. The Morgan fingerprint density at radius 1 is 1.27 bits per heavy atom. The predicted molar refractivity (Wildman–Crippen MR) is 114 cm³/mol. The minimum absolute atomic E-state index is 0.283. The number of hydrogen-bond donors (Lipinski definition) is 0. The van der Waals surface area contributed by atoms with E-state index in [2.05, 4.69) is 9.38 Å². The Labute approximate surface area is 171 Å². The molecule has 0 saturated heterocycles. The van der Waals surface area contributed by atoms with Gasteiger partial charge in [-0.25, -0.2) is 0 Å². The highest BCUT2D eigenvalue weighted by atomic mass is 35.5. The molecule has 2 rings (SSSR count). The molecule has 4 nitrogen and oxygen atoms in total. The standard InChI is InChI=1S/C18H18Cl2N2O2S2/c1-18(2,3)26(23)22-10-12-13(19)7-8-14(20)15(12)16-11(17(25)24-4)6-5-9-21-16/h5-10H,1-4H3. The van der Waals surface area contributed by atoms with Gasteiger partial charge in [0, 0.05) is 17.3 Å². The Balaban J connectivity index is 2.67. The van der Waals surface area contributed by atoms with Crippen LogP contribution in [0.5, 0.6) is 0 Å². The van der Waals surface area contributed by atoms with Crippen molar-refractivity contribution in [2.75, 3.05) is 7.11 Å². The first-order chi connectivity index (χ1) is 12.2. The largest absolute Gasteiger partial charge is 0.591 e. The van der Waals surface area contributed by atoms with Gasteiger partial charge in [-0.3, -0.25) is 4.98 Å². The summed E-state index contributed by atoms with van der Waals surface area (Å²) in [5.41, 5.74) is 2.22. The Morgan fingerprint density at radius 3 is 2.54 bits per heavy atom. The average molecular weight is 429 g/mol. The number of hydrogen-bond acceptors (Lipinski definition) is 5. The molecule has 0 amide bonds. The second kappa shape index (κ2) is 8.67. The van der Waals surface area contributed by atoms with Gasteiger partial charge in [-0.2, -0.15) is 0 Å². The van der Waals surface area contributed by atoms with E-state index in [4.69, 9.17) is 40.2 Å². The van der Waals surface area contributed by atoms with Crippen molar-refractivity contribution in [3.63, 3.8) is 0 Å². The van der Waals surface area contributed by atoms with Gasteiger partial charge in [0.05, 0.1) is 34.6 Å². The molecule has 26 heavy (non-hydrogen) atoms. The van der Waals surface area contributed by atoms with Crippen LogP contribution in [0.15, 0.2) is 34.9 Å². The molecule has 0 N–H and O–H groups in total. The maximum Gasteiger partial charge on any atom is 0.193 e. The van der Waals surface area contributed by atoms with E-state index in [0.29, 0.717) is 32.4 Å². The van der Waals surface area contributed by atoms with E-state index >= 15 is 0 Å². The number of benzene rings is 1. The summed E-state index contributed by atoms with van der Waals surface area (Å²) in [7, 11) is 1.49. The van der Waals surface area contributed by atoms with Crippen LogP contribution in [0.1, 0.15) is 31.9 Å². The molecule has 0 aliphatic rings. The van der Waals surface area contributed by atoms with Crippen LogP contribution in [-0.2, 0) is 16.1 Å². The van der Waals surface area contributed by atoms with E-state index in [9.17, 15) is 4.55 Å². The Bertz CT molecular complexity index is 852. The molecule has 1 aromatic heterocycles. The van der Waals surface area contributed by atoms with Crippen LogP contribution in [0.3, 0.4) is 0 Å². The fourth-order valence-corrected chi connectivity index (χ4v) is 3.21. The van der Waals surface area contributed by atoms with Crippen LogP contribution in [0.25, 0.3) is 11.3 Å². The molecule has 0 aliphatic carbocycles. The molecule has 1 unspecified atom stereocenters. The third kappa shape index (κ3) is 4.75. The summed E-state index contributed by atoms with van der Waals surface area (Å²) in [6, 6.07) is 6.88. The van der Waals surface area contributed by atoms with E-state index in [0.717, 1.165) is 0 Å². The van der Waals surface area contributed by atoms with Crippen LogP contribution >= 0.6 is 35.4 Å². The van der Waals surface area contributed by atoms with Crippen molar-refractivity contribution in [1.82, 2.24) is 4.98 Å². The summed E-state index contributed by atoms with van der Waals surface area (Å²) in [6.07, 6.45) is 3.10. The van der Waals surface area contributed by atoms with Gasteiger partial charge in [0.25, 0.3) is 0 Å². The molecule has 8 heteroatoms. The van der Waals surface area contributed by atoms with Crippen LogP contribution in [0, 0.1) is 0 Å². The SMILES string of the molecule is COC(=S)c1cccnc1-c1c(Cl)ccc(Cl)c1C=N[S+]([O-])C(C)(C)C. The monoisotopic (exact) mass is 428 g/mol. The van der Waals surface area contributed by atoms with Crippen LogP contribution < -0.4 is 0 Å². The minimum Gasteiger partial charge on any atom is -0.591 e. The molecular weight excluding hydrogens is 411 g/mol. The number of methoxy groups -OCH3 is 1. The summed E-state index contributed by atoms with van der Waals surface area (Å²) >= 11 is 16.6. The number of ether oxygens (including phenoxy) is 1. The number of nitrogens with zero attached hydrogens (tertiary/aromatic N) is 2. The zero-order chi connectivity index (χ0) is 19.5. The summed E-state index contributed by atoms with van der Waals surface area (Å²) in [6.45, 7) is 5.53. The lowest BCUT2D eigenvalue weighted by Gasteiger charge is -2.18. The van der Waals surface area contributed by atoms with Gasteiger partial charge >= 0.3 is 0 Å². The maximum absolute atomic E-state index is 12.3. The highest BCUT2D eigenvalue weighted by molar-refractivity contribution is 7.91. The first-order valence-corrected chi connectivity index (χ1v) is 9.91. The van der Waals surface area contributed by atoms with Crippen LogP contribution in [0.2, 0.25) is 10.0 Å². The van der Waals surface area contributed by atoms with Crippen molar-refractivity contribution in [3.8, 4) is 11.3 Å². The van der Waals surface area contributed by atoms with Gasteiger partial charge < -0.3 is 9.29 Å². The van der Waals surface area contributed by atoms with Crippen LogP contribution in [0.4, 0.5) is 0 Å². The van der Waals surface area contributed by atoms with E-state index in [-0.39, 0.29) is 5.05 Å². The van der Waals surface area contributed by atoms with Crippen molar-refractivity contribution < 1.29 is 9.29 Å². The molecule has 138 valence electrons. The van der Waals surface area contributed by atoms with Gasteiger partial charge in [0.2, 0.25) is 0 Å². The lowest BCUT2D eigenvalue weighted by molar-refractivity contribution is 0.416. The lowest BCUT2D eigenvalue weighted by Crippen LogP contribution is -2.25. The molecular formula is C18H18Cl2N2O2S2. The van der Waals surface area contributed by atoms with E-state index in [1.807, 2.05) is 20.8 Å². The first-order valence-electron chi connectivity index (χ1n) is 7.64. The normalized spacial score (nSPS) is 13.0. The van der Waals surface area contributed by atoms with Gasteiger partial charge in [0.15, 0.2) is 5.05 Å². The third-order valence-electron chi connectivity index (χ3n) is 3.39. The molecule has 1 atom stereocenters. The van der Waals surface area contributed by atoms with E-state index in [1.165, 1.54) is 13.3 Å². The molecule has 0 fully saturated rings. The van der Waals surface area contributed by atoms with E-state index < -0.39 is 16.1 Å².